The van der Waals surface area contributed by atoms with E-state index in [4.69, 9.17) is 4.52 Å². The van der Waals surface area contributed by atoms with Crippen LogP contribution in [0.15, 0.2) is 34.9 Å². The van der Waals surface area contributed by atoms with E-state index in [-0.39, 0.29) is 11.3 Å². The van der Waals surface area contributed by atoms with Crippen LogP contribution in [0.4, 0.5) is 0 Å². The molecule has 2 aromatic rings. The molecule has 1 aliphatic heterocycles. The number of amides is 1. The summed E-state index contributed by atoms with van der Waals surface area (Å²) in [6.45, 7) is 4.84. The zero-order chi connectivity index (χ0) is 18.0. The number of piperidine rings is 1. The maximum atomic E-state index is 12.4. The predicted molar refractivity (Wildman–Crippen MR) is 97.8 cm³/mol. The number of hydrogen-bond donors (Lipinski definition) is 1. The molecule has 0 bridgehead atoms. The molecule has 0 unspecified atom stereocenters. The Kier molecular flexibility index (Phi) is 4.76. The molecule has 0 atom stereocenters. The molecule has 0 spiro atoms. The number of likely N-dealkylation sites (tertiary alicyclic amines) is 1. The van der Waals surface area contributed by atoms with Crippen molar-refractivity contribution in [1.29, 1.82) is 0 Å². The van der Waals surface area contributed by atoms with Crippen molar-refractivity contribution in [3.05, 3.63) is 47.6 Å². The average molecular weight is 354 g/mol. The maximum absolute atomic E-state index is 12.4. The summed E-state index contributed by atoms with van der Waals surface area (Å²) in [5.41, 5.74) is 1.51. The third-order valence-electron chi connectivity index (χ3n) is 5.71. The lowest BCUT2D eigenvalue weighted by molar-refractivity contribution is -0.122. The summed E-state index contributed by atoms with van der Waals surface area (Å²) >= 11 is 0. The zero-order valence-corrected chi connectivity index (χ0v) is 15.3. The minimum atomic E-state index is 0.124. The van der Waals surface area contributed by atoms with Crippen LogP contribution >= 0.6 is 0 Å². The molecular formula is C20H26N4O2. The van der Waals surface area contributed by atoms with Crippen LogP contribution in [0.5, 0.6) is 0 Å². The standard InChI is InChI=1S/C20H26N4O2/c1-15-22-19(26-23-15)16-7-11-24(12-8-16)13-18(25)21-14-20(9-10-20)17-5-3-2-4-6-17/h2-6,16H,7-14H2,1H3,(H,21,25). The van der Waals surface area contributed by atoms with E-state index in [9.17, 15) is 4.79 Å². The summed E-state index contributed by atoms with van der Waals surface area (Å²) in [7, 11) is 0. The van der Waals surface area contributed by atoms with Gasteiger partial charge in [0.2, 0.25) is 11.8 Å². The molecule has 0 radical (unpaired) electrons. The number of hydrogen-bond acceptors (Lipinski definition) is 5. The molecule has 2 fully saturated rings. The number of rotatable bonds is 6. The number of carbonyl (C=O) groups is 1. The highest BCUT2D eigenvalue weighted by molar-refractivity contribution is 5.78. The van der Waals surface area contributed by atoms with Crippen LogP contribution in [-0.2, 0) is 10.2 Å². The Balaban J connectivity index is 1.22. The van der Waals surface area contributed by atoms with Crippen molar-refractivity contribution >= 4 is 5.91 Å². The highest BCUT2D eigenvalue weighted by atomic mass is 16.5. The molecule has 6 nitrogen and oxygen atoms in total. The fourth-order valence-corrected chi connectivity index (χ4v) is 3.85. The Hall–Kier alpha value is -2.21. The van der Waals surface area contributed by atoms with Crippen LogP contribution in [-0.4, -0.2) is 47.1 Å². The van der Waals surface area contributed by atoms with Gasteiger partial charge in [-0.05, 0) is 51.3 Å². The quantitative estimate of drug-likeness (QED) is 0.862. The van der Waals surface area contributed by atoms with E-state index in [2.05, 4.69) is 44.6 Å². The van der Waals surface area contributed by atoms with Crippen LogP contribution in [0.25, 0.3) is 0 Å². The molecule has 6 heteroatoms. The van der Waals surface area contributed by atoms with Gasteiger partial charge < -0.3 is 9.84 Å². The monoisotopic (exact) mass is 354 g/mol. The Morgan fingerprint density at radius 2 is 2.00 bits per heavy atom. The molecule has 26 heavy (non-hydrogen) atoms. The van der Waals surface area contributed by atoms with Crippen LogP contribution in [0, 0.1) is 6.92 Å². The van der Waals surface area contributed by atoms with Gasteiger partial charge in [0.05, 0.1) is 6.54 Å². The lowest BCUT2D eigenvalue weighted by Crippen LogP contribution is -2.43. The van der Waals surface area contributed by atoms with E-state index in [0.717, 1.165) is 51.2 Å². The van der Waals surface area contributed by atoms with Crippen molar-refractivity contribution in [3.8, 4) is 0 Å². The predicted octanol–water partition coefficient (Wildman–Crippen LogP) is 2.41. The number of nitrogens with one attached hydrogen (secondary N) is 1. The Bertz CT molecular complexity index is 746. The lowest BCUT2D eigenvalue weighted by atomic mass is 9.96. The van der Waals surface area contributed by atoms with Crippen molar-refractivity contribution in [2.75, 3.05) is 26.2 Å². The van der Waals surface area contributed by atoms with Crippen LogP contribution in [0.1, 0.15) is 48.9 Å². The van der Waals surface area contributed by atoms with E-state index in [0.29, 0.717) is 18.3 Å². The molecule has 1 aliphatic carbocycles. The van der Waals surface area contributed by atoms with Gasteiger partial charge in [-0.2, -0.15) is 4.98 Å². The Labute approximate surface area is 154 Å². The third kappa shape index (κ3) is 3.80. The first-order chi connectivity index (χ1) is 12.6. The van der Waals surface area contributed by atoms with E-state index in [1.165, 1.54) is 5.56 Å². The molecular weight excluding hydrogens is 328 g/mol. The molecule has 1 saturated heterocycles. The van der Waals surface area contributed by atoms with Crippen LogP contribution in [0.2, 0.25) is 0 Å². The van der Waals surface area contributed by atoms with Gasteiger partial charge in [-0.1, -0.05) is 35.5 Å². The fourth-order valence-electron chi connectivity index (χ4n) is 3.85. The zero-order valence-electron chi connectivity index (χ0n) is 15.3. The molecule has 2 aliphatic rings. The van der Waals surface area contributed by atoms with Gasteiger partial charge in [0.15, 0.2) is 5.82 Å². The number of carbonyl (C=O) groups excluding carboxylic acids is 1. The number of aryl methyl sites for hydroxylation is 1. The molecule has 1 aromatic heterocycles. The minimum Gasteiger partial charge on any atom is -0.354 e. The first kappa shape index (κ1) is 17.2. The van der Waals surface area contributed by atoms with Gasteiger partial charge in [0.25, 0.3) is 0 Å². The summed E-state index contributed by atoms with van der Waals surface area (Å²) in [5.74, 6) is 1.88. The van der Waals surface area contributed by atoms with Crippen molar-refractivity contribution in [3.63, 3.8) is 0 Å². The summed E-state index contributed by atoms with van der Waals surface area (Å²) < 4.78 is 5.29. The van der Waals surface area contributed by atoms with Crippen LogP contribution in [0.3, 0.4) is 0 Å². The van der Waals surface area contributed by atoms with Gasteiger partial charge in [-0.15, -0.1) is 0 Å². The molecule has 1 saturated carbocycles. The second-order valence-corrected chi connectivity index (χ2v) is 7.65. The number of nitrogens with zero attached hydrogens (tertiary/aromatic N) is 3. The number of benzene rings is 1. The topological polar surface area (TPSA) is 71.3 Å². The highest BCUT2D eigenvalue weighted by Crippen LogP contribution is 2.47. The van der Waals surface area contributed by atoms with Gasteiger partial charge >= 0.3 is 0 Å². The van der Waals surface area contributed by atoms with Gasteiger partial charge in [-0.25, -0.2) is 0 Å². The summed E-state index contributed by atoms with van der Waals surface area (Å²) in [6.07, 6.45) is 4.24. The van der Waals surface area contributed by atoms with Gasteiger partial charge in [0.1, 0.15) is 0 Å². The first-order valence-corrected chi connectivity index (χ1v) is 9.49. The summed E-state index contributed by atoms with van der Waals surface area (Å²) in [5, 5.41) is 7.03. The second-order valence-electron chi connectivity index (χ2n) is 7.65. The van der Waals surface area contributed by atoms with Crippen molar-refractivity contribution < 1.29 is 9.32 Å². The van der Waals surface area contributed by atoms with E-state index in [1.807, 2.05) is 13.0 Å². The maximum Gasteiger partial charge on any atom is 0.234 e. The van der Waals surface area contributed by atoms with Crippen molar-refractivity contribution in [1.82, 2.24) is 20.4 Å². The van der Waals surface area contributed by atoms with Gasteiger partial charge in [-0.3, -0.25) is 9.69 Å². The molecule has 2 heterocycles. The Morgan fingerprint density at radius 3 is 2.62 bits per heavy atom. The normalized spacial score (nSPS) is 20.0. The average Bonchev–Trinajstić information content (AvgIpc) is 3.35. The summed E-state index contributed by atoms with van der Waals surface area (Å²) in [4.78, 5) is 18.9. The third-order valence-corrected chi connectivity index (χ3v) is 5.71. The lowest BCUT2D eigenvalue weighted by Gasteiger charge is -2.29. The molecule has 1 N–H and O–H groups in total. The van der Waals surface area contributed by atoms with Crippen LogP contribution < -0.4 is 5.32 Å². The molecule has 4 rings (SSSR count). The van der Waals surface area contributed by atoms with E-state index < -0.39 is 0 Å². The van der Waals surface area contributed by atoms with Gasteiger partial charge in [0, 0.05) is 17.9 Å². The smallest absolute Gasteiger partial charge is 0.234 e. The Morgan fingerprint density at radius 1 is 1.27 bits per heavy atom. The molecule has 1 aromatic carbocycles. The second kappa shape index (κ2) is 7.19. The highest BCUT2D eigenvalue weighted by Gasteiger charge is 2.44. The van der Waals surface area contributed by atoms with Crippen molar-refractivity contribution in [2.45, 2.75) is 43.9 Å². The molecule has 1 amide bonds. The van der Waals surface area contributed by atoms with Crippen molar-refractivity contribution in [2.24, 2.45) is 0 Å². The summed E-state index contributed by atoms with van der Waals surface area (Å²) in [6, 6.07) is 10.5. The fraction of sp³-hybridized carbons (Fsp3) is 0.550. The minimum absolute atomic E-state index is 0.124. The SMILES string of the molecule is Cc1noc(C2CCN(CC(=O)NCC3(c4ccccc4)CC3)CC2)n1. The largest absolute Gasteiger partial charge is 0.354 e. The molecule has 138 valence electrons. The van der Waals surface area contributed by atoms with E-state index in [1.54, 1.807) is 0 Å². The van der Waals surface area contributed by atoms with E-state index >= 15 is 0 Å². The number of aromatic nitrogens is 2. The first-order valence-electron chi connectivity index (χ1n) is 9.49.